The highest BCUT2D eigenvalue weighted by atomic mass is 16.5. The molecule has 0 radical (unpaired) electrons. The Bertz CT molecular complexity index is 399. The first-order valence-electron chi connectivity index (χ1n) is 7.84. The molecule has 4 nitrogen and oxygen atoms in total. The monoisotopic (exact) mass is 292 g/mol. The van der Waals surface area contributed by atoms with Crippen molar-refractivity contribution in [1.82, 2.24) is 9.80 Å². The molecule has 0 unspecified atom stereocenters. The summed E-state index contributed by atoms with van der Waals surface area (Å²) in [7, 11) is 4.36. The van der Waals surface area contributed by atoms with E-state index in [1.807, 2.05) is 0 Å². The predicted octanol–water partition coefficient (Wildman–Crippen LogP) is 1.59. The predicted molar refractivity (Wildman–Crippen MR) is 85.3 cm³/mol. The fourth-order valence-corrected chi connectivity index (χ4v) is 3.00. The average molecular weight is 292 g/mol. The van der Waals surface area contributed by atoms with Crippen LogP contribution in [-0.4, -0.2) is 67.5 Å². The Morgan fingerprint density at radius 1 is 1.33 bits per heavy atom. The second-order valence-electron chi connectivity index (χ2n) is 6.08. The van der Waals surface area contributed by atoms with Crippen LogP contribution in [0.1, 0.15) is 18.4 Å². The molecule has 4 heteroatoms. The van der Waals surface area contributed by atoms with Crippen molar-refractivity contribution >= 4 is 0 Å². The molecule has 0 aromatic heterocycles. The molecule has 1 aliphatic heterocycles. The van der Waals surface area contributed by atoms with E-state index < -0.39 is 0 Å². The van der Waals surface area contributed by atoms with Gasteiger partial charge in [0.2, 0.25) is 0 Å². The average Bonchev–Trinajstić information content (AvgIpc) is 2.80. The molecule has 1 saturated heterocycles. The van der Waals surface area contributed by atoms with E-state index in [2.05, 4.69) is 54.2 Å². The molecule has 1 fully saturated rings. The van der Waals surface area contributed by atoms with Crippen LogP contribution in [0.4, 0.5) is 0 Å². The van der Waals surface area contributed by atoms with E-state index in [4.69, 9.17) is 9.84 Å². The number of benzene rings is 1. The van der Waals surface area contributed by atoms with Gasteiger partial charge < -0.3 is 14.7 Å². The molecule has 1 heterocycles. The second-order valence-corrected chi connectivity index (χ2v) is 6.08. The molecule has 21 heavy (non-hydrogen) atoms. The fraction of sp³-hybridized carbons (Fsp3) is 0.647. The summed E-state index contributed by atoms with van der Waals surface area (Å²) in [6.45, 7) is 3.93. The minimum absolute atomic E-state index is 0.214. The van der Waals surface area contributed by atoms with Gasteiger partial charge in [-0.2, -0.15) is 0 Å². The first-order valence-corrected chi connectivity index (χ1v) is 7.84. The largest absolute Gasteiger partial charge is 0.396 e. The third-order valence-corrected chi connectivity index (χ3v) is 4.12. The topological polar surface area (TPSA) is 35.9 Å². The van der Waals surface area contributed by atoms with Crippen LogP contribution < -0.4 is 0 Å². The van der Waals surface area contributed by atoms with E-state index in [9.17, 15) is 0 Å². The summed E-state index contributed by atoms with van der Waals surface area (Å²) in [5, 5.41) is 8.81. The van der Waals surface area contributed by atoms with Gasteiger partial charge in [0.25, 0.3) is 0 Å². The van der Waals surface area contributed by atoms with E-state index in [1.165, 1.54) is 5.56 Å². The number of rotatable bonds is 8. The zero-order chi connectivity index (χ0) is 15.1. The number of hydrogen-bond donors (Lipinski definition) is 1. The fourth-order valence-electron chi connectivity index (χ4n) is 3.00. The summed E-state index contributed by atoms with van der Waals surface area (Å²) in [6.07, 6.45) is 2.14. The summed E-state index contributed by atoms with van der Waals surface area (Å²) in [4.78, 5) is 4.78. The normalized spacial score (nSPS) is 23.0. The molecule has 1 N–H and O–H groups in total. The van der Waals surface area contributed by atoms with Gasteiger partial charge in [-0.25, -0.2) is 0 Å². The highest BCUT2D eigenvalue weighted by Crippen LogP contribution is 2.20. The molecular formula is C17H28N2O2. The van der Waals surface area contributed by atoms with Crippen molar-refractivity contribution in [3.63, 3.8) is 0 Å². The molecule has 2 atom stereocenters. The lowest BCUT2D eigenvalue weighted by Gasteiger charge is -2.25. The first kappa shape index (κ1) is 16.4. The van der Waals surface area contributed by atoms with Gasteiger partial charge in [-0.1, -0.05) is 30.3 Å². The van der Waals surface area contributed by atoms with Crippen LogP contribution in [0.3, 0.4) is 0 Å². The summed E-state index contributed by atoms with van der Waals surface area (Å²) >= 11 is 0. The van der Waals surface area contributed by atoms with Gasteiger partial charge in [-0.05, 0) is 32.5 Å². The van der Waals surface area contributed by atoms with Crippen LogP contribution in [0.5, 0.6) is 0 Å². The van der Waals surface area contributed by atoms with Gasteiger partial charge in [0.15, 0.2) is 0 Å². The van der Waals surface area contributed by atoms with E-state index in [-0.39, 0.29) is 6.61 Å². The Hall–Kier alpha value is -0.940. The lowest BCUT2D eigenvalue weighted by Crippen LogP contribution is -2.36. The van der Waals surface area contributed by atoms with Crippen molar-refractivity contribution in [1.29, 1.82) is 0 Å². The molecule has 2 rings (SSSR count). The maximum Gasteiger partial charge on any atom is 0.0717 e. The van der Waals surface area contributed by atoms with Crippen LogP contribution in [0.2, 0.25) is 0 Å². The quantitative estimate of drug-likeness (QED) is 0.738. The molecule has 0 spiro atoms. The van der Waals surface area contributed by atoms with E-state index >= 15 is 0 Å². The molecule has 0 amide bonds. The molecule has 1 aromatic carbocycles. The summed E-state index contributed by atoms with van der Waals surface area (Å²) in [6, 6.07) is 11.2. The van der Waals surface area contributed by atoms with Crippen molar-refractivity contribution in [2.24, 2.45) is 0 Å². The molecule has 0 aliphatic carbocycles. The van der Waals surface area contributed by atoms with E-state index in [1.54, 1.807) is 0 Å². The lowest BCUT2D eigenvalue weighted by molar-refractivity contribution is 0.0510. The van der Waals surface area contributed by atoms with Crippen molar-refractivity contribution in [3.8, 4) is 0 Å². The third kappa shape index (κ3) is 5.40. The number of ether oxygens (including phenoxy) is 1. The summed E-state index contributed by atoms with van der Waals surface area (Å²) in [5.41, 5.74) is 1.36. The van der Waals surface area contributed by atoms with Crippen LogP contribution in [0.15, 0.2) is 30.3 Å². The Kier molecular flexibility index (Phi) is 6.64. The number of likely N-dealkylation sites (N-methyl/N-ethyl adjacent to an activating group) is 2. The van der Waals surface area contributed by atoms with Crippen molar-refractivity contribution in [2.45, 2.75) is 31.5 Å². The molecule has 0 saturated carbocycles. The number of aliphatic hydroxyl groups is 1. The maximum atomic E-state index is 8.81. The zero-order valence-corrected chi connectivity index (χ0v) is 13.2. The smallest absolute Gasteiger partial charge is 0.0717 e. The molecule has 0 bridgehead atoms. The van der Waals surface area contributed by atoms with Crippen LogP contribution in [0.25, 0.3) is 0 Å². The number of hydrogen-bond acceptors (Lipinski definition) is 4. The summed E-state index contributed by atoms with van der Waals surface area (Å²) in [5.74, 6) is 0. The Labute approximate surface area is 128 Å². The molecule has 1 aromatic rings. The Balaban J connectivity index is 1.74. The third-order valence-electron chi connectivity index (χ3n) is 4.12. The van der Waals surface area contributed by atoms with Crippen LogP contribution in [-0.2, 0) is 11.3 Å². The van der Waals surface area contributed by atoms with Crippen LogP contribution >= 0.6 is 0 Å². The molecule has 118 valence electrons. The first-order chi connectivity index (χ1) is 10.2. The Morgan fingerprint density at radius 3 is 2.81 bits per heavy atom. The van der Waals surface area contributed by atoms with E-state index in [0.717, 1.165) is 32.5 Å². The highest BCUT2D eigenvalue weighted by Gasteiger charge is 2.30. The highest BCUT2D eigenvalue weighted by molar-refractivity contribution is 5.14. The minimum atomic E-state index is 0.214. The zero-order valence-electron chi connectivity index (χ0n) is 13.2. The lowest BCUT2D eigenvalue weighted by atomic mass is 10.1. The number of likely N-dealkylation sites (tertiary alicyclic amines) is 1. The summed E-state index contributed by atoms with van der Waals surface area (Å²) < 4.78 is 5.82. The Morgan fingerprint density at radius 2 is 2.10 bits per heavy atom. The minimum Gasteiger partial charge on any atom is -0.396 e. The maximum absolute atomic E-state index is 8.81. The molecule has 1 aliphatic rings. The standard InChI is InChI=1S/C17H28N2O2/c1-18(12-15-7-4-3-5-8-15)13-16-11-17(14-19(16)2)21-10-6-9-20/h3-5,7-8,16-17,20H,6,9-14H2,1-2H3/t16-,17+/m0/s1. The van der Waals surface area contributed by atoms with Crippen LogP contribution in [0, 0.1) is 0 Å². The number of aliphatic hydroxyl groups excluding tert-OH is 1. The van der Waals surface area contributed by atoms with E-state index in [0.29, 0.717) is 18.8 Å². The second kappa shape index (κ2) is 8.49. The number of nitrogens with zero attached hydrogens (tertiary/aromatic N) is 2. The van der Waals surface area contributed by atoms with Crippen molar-refractivity contribution in [3.05, 3.63) is 35.9 Å². The van der Waals surface area contributed by atoms with Crippen molar-refractivity contribution < 1.29 is 9.84 Å². The van der Waals surface area contributed by atoms with Crippen molar-refractivity contribution in [2.75, 3.05) is 40.4 Å². The van der Waals surface area contributed by atoms with Gasteiger partial charge in [0, 0.05) is 38.9 Å². The van der Waals surface area contributed by atoms with Gasteiger partial charge >= 0.3 is 0 Å². The van der Waals surface area contributed by atoms with Gasteiger partial charge in [-0.15, -0.1) is 0 Å². The van der Waals surface area contributed by atoms with Gasteiger partial charge in [0.1, 0.15) is 0 Å². The SMILES string of the molecule is CN(Cc1ccccc1)C[C@@H]1C[C@@H](OCCCO)CN1C. The molecular weight excluding hydrogens is 264 g/mol. The van der Waals surface area contributed by atoms with Gasteiger partial charge in [-0.3, -0.25) is 4.90 Å². The van der Waals surface area contributed by atoms with Gasteiger partial charge in [0.05, 0.1) is 6.10 Å².